The molecule has 3 aromatic rings. The molecule has 0 atom stereocenters. The van der Waals surface area contributed by atoms with Crippen molar-refractivity contribution in [3.63, 3.8) is 0 Å². The molecule has 0 saturated carbocycles. The first kappa shape index (κ1) is 13.4. The van der Waals surface area contributed by atoms with Crippen LogP contribution in [0.4, 0.5) is 5.69 Å². The summed E-state index contributed by atoms with van der Waals surface area (Å²) in [5, 5.41) is 3.87. The zero-order chi connectivity index (χ0) is 15.1. The zero-order valence-electron chi connectivity index (χ0n) is 12.7. The maximum atomic E-state index is 2.30. The number of aromatic nitrogens is 1. The molecule has 0 N–H and O–H groups in total. The minimum atomic E-state index is 1.20. The van der Waals surface area contributed by atoms with E-state index in [2.05, 4.69) is 90.4 Å². The summed E-state index contributed by atoms with van der Waals surface area (Å²) in [6, 6.07) is 19.3. The first-order valence-corrected chi connectivity index (χ1v) is 8.15. The Morgan fingerprint density at radius 3 is 2.68 bits per heavy atom. The number of hydrogen-bond acceptors (Lipinski definition) is 2. The average Bonchev–Trinajstić information content (AvgIpc) is 2.86. The highest BCUT2D eigenvalue weighted by Gasteiger charge is 2.24. The lowest BCUT2D eigenvalue weighted by atomic mass is 10.1. The summed E-state index contributed by atoms with van der Waals surface area (Å²) in [6.07, 6.45) is 4.33. The summed E-state index contributed by atoms with van der Waals surface area (Å²) in [6.45, 7) is 0. The van der Waals surface area contributed by atoms with Gasteiger partial charge in [-0.25, -0.2) is 4.57 Å². The van der Waals surface area contributed by atoms with E-state index in [9.17, 15) is 0 Å². The van der Waals surface area contributed by atoms with Crippen LogP contribution in [0.25, 0.3) is 16.8 Å². The SMILES string of the molecule is CN1/C(=C\c2cccc[n+]2C)Sc2ccc3ccccc3c21. The van der Waals surface area contributed by atoms with E-state index >= 15 is 0 Å². The molecular weight excluding hydrogens is 288 g/mol. The molecule has 2 nitrogen and oxygen atoms in total. The molecule has 1 aliphatic rings. The van der Waals surface area contributed by atoms with E-state index < -0.39 is 0 Å². The Balaban J connectivity index is 1.84. The van der Waals surface area contributed by atoms with Crippen molar-refractivity contribution in [1.82, 2.24) is 0 Å². The van der Waals surface area contributed by atoms with Crippen LogP contribution in [-0.4, -0.2) is 7.05 Å². The molecule has 108 valence electrons. The minimum absolute atomic E-state index is 1.20. The molecule has 1 aliphatic heterocycles. The zero-order valence-corrected chi connectivity index (χ0v) is 13.5. The lowest BCUT2D eigenvalue weighted by Gasteiger charge is -2.15. The van der Waals surface area contributed by atoms with Gasteiger partial charge in [0.25, 0.3) is 0 Å². The van der Waals surface area contributed by atoms with Crippen molar-refractivity contribution in [3.05, 3.63) is 71.5 Å². The van der Waals surface area contributed by atoms with Crippen molar-refractivity contribution < 1.29 is 4.57 Å². The highest BCUT2D eigenvalue weighted by molar-refractivity contribution is 8.03. The largest absolute Gasteiger partial charge is 0.337 e. The average molecular weight is 305 g/mol. The normalized spacial score (nSPS) is 15.5. The number of nitrogens with zero attached hydrogens (tertiary/aromatic N) is 2. The molecule has 0 radical (unpaired) electrons. The van der Waals surface area contributed by atoms with E-state index in [4.69, 9.17) is 0 Å². The Labute approximate surface area is 134 Å². The minimum Gasteiger partial charge on any atom is -0.337 e. The summed E-state index contributed by atoms with van der Waals surface area (Å²) in [5.74, 6) is 0. The van der Waals surface area contributed by atoms with Gasteiger partial charge in [-0.05, 0) is 17.5 Å². The van der Waals surface area contributed by atoms with Gasteiger partial charge in [0.1, 0.15) is 7.05 Å². The van der Waals surface area contributed by atoms with Crippen LogP contribution < -0.4 is 9.47 Å². The fourth-order valence-electron chi connectivity index (χ4n) is 2.89. The highest BCUT2D eigenvalue weighted by Crippen LogP contribution is 2.48. The molecule has 2 heterocycles. The van der Waals surface area contributed by atoms with Gasteiger partial charge in [-0.3, -0.25) is 0 Å². The molecule has 2 aromatic carbocycles. The van der Waals surface area contributed by atoms with Crippen LogP contribution in [0.3, 0.4) is 0 Å². The van der Waals surface area contributed by atoms with Crippen molar-refractivity contribution in [2.24, 2.45) is 7.05 Å². The summed E-state index contributed by atoms with van der Waals surface area (Å²) < 4.78 is 2.14. The molecule has 0 saturated heterocycles. The molecular formula is C19H17N2S+. The number of hydrogen-bond donors (Lipinski definition) is 0. The van der Waals surface area contributed by atoms with E-state index in [-0.39, 0.29) is 0 Å². The second-order valence-electron chi connectivity index (χ2n) is 5.51. The van der Waals surface area contributed by atoms with Crippen LogP contribution in [0.15, 0.2) is 70.7 Å². The quantitative estimate of drug-likeness (QED) is 0.622. The molecule has 0 aliphatic carbocycles. The first-order valence-electron chi connectivity index (χ1n) is 7.34. The van der Waals surface area contributed by atoms with Crippen molar-refractivity contribution in [2.75, 3.05) is 11.9 Å². The van der Waals surface area contributed by atoms with Gasteiger partial charge in [-0.1, -0.05) is 42.1 Å². The number of pyridine rings is 1. The van der Waals surface area contributed by atoms with Crippen LogP contribution in [0.2, 0.25) is 0 Å². The van der Waals surface area contributed by atoms with Crippen LogP contribution in [0.5, 0.6) is 0 Å². The van der Waals surface area contributed by atoms with E-state index in [1.54, 1.807) is 0 Å². The highest BCUT2D eigenvalue weighted by atomic mass is 32.2. The van der Waals surface area contributed by atoms with Gasteiger partial charge in [0.05, 0.1) is 10.7 Å². The summed E-state index contributed by atoms with van der Waals surface area (Å²) >= 11 is 1.84. The molecule has 0 unspecified atom stereocenters. The molecule has 0 spiro atoms. The molecule has 3 heteroatoms. The Hall–Kier alpha value is -2.26. The van der Waals surface area contributed by atoms with Gasteiger partial charge in [-0.2, -0.15) is 0 Å². The predicted octanol–water partition coefficient (Wildman–Crippen LogP) is 4.20. The van der Waals surface area contributed by atoms with Gasteiger partial charge in [0.2, 0.25) is 5.69 Å². The van der Waals surface area contributed by atoms with E-state index in [1.807, 2.05) is 11.8 Å². The number of aryl methyl sites for hydroxylation is 1. The summed E-state index contributed by atoms with van der Waals surface area (Å²) in [7, 11) is 4.23. The number of anilines is 1. The van der Waals surface area contributed by atoms with Gasteiger partial charge in [0.15, 0.2) is 6.20 Å². The van der Waals surface area contributed by atoms with Gasteiger partial charge in [0, 0.05) is 35.5 Å². The monoisotopic (exact) mass is 305 g/mol. The molecule has 4 rings (SSSR count). The van der Waals surface area contributed by atoms with Crippen LogP contribution in [0, 0.1) is 0 Å². The Morgan fingerprint density at radius 2 is 1.82 bits per heavy atom. The Morgan fingerprint density at radius 1 is 1.00 bits per heavy atom. The molecule has 22 heavy (non-hydrogen) atoms. The fraction of sp³-hybridized carbons (Fsp3) is 0.105. The topological polar surface area (TPSA) is 7.12 Å². The lowest BCUT2D eigenvalue weighted by Crippen LogP contribution is -2.31. The van der Waals surface area contributed by atoms with E-state index in [0.29, 0.717) is 0 Å². The smallest absolute Gasteiger partial charge is 0.207 e. The third-order valence-electron chi connectivity index (χ3n) is 4.11. The van der Waals surface area contributed by atoms with Crippen molar-refractivity contribution in [2.45, 2.75) is 4.90 Å². The number of thioether (sulfide) groups is 1. The fourth-order valence-corrected chi connectivity index (χ4v) is 4.01. The van der Waals surface area contributed by atoms with Crippen LogP contribution in [-0.2, 0) is 7.05 Å². The van der Waals surface area contributed by atoms with Gasteiger partial charge >= 0.3 is 0 Å². The maximum Gasteiger partial charge on any atom is 0.207 e. The van der Waals surface area contributed by atoms with Gasteiger partial charge < -0.3 is 4.90 Å². The summed E-state index contributed by atoms with van der Waals surface area (Å²) in [5.41, 5.74) is 2.52. The second kappa shape index (κ2) is 5.18. The number of benzene rings is 2. The Bertz CT molecular complexity index is 899. The van der Waals surface area contributed by atoms with Crippen molar-refractivity contribution in [1.29, 1.82) is 0 Å². The molecule has 1 aromatic heterocycles. The Kier molecular flexibility index (Phi) is 3.16. The third kappa shape index (κ3) is 2.09. The van der Waals surface area contributed by atoms with Crippen molar-refractivity contribution in [3.8, 4) is 0 Å². The molecule has 0 amide bonds. The predicted molar refractivity (Wildman–Crippen MR) is 93.8 cm³/mol. The summed E-state index contributed by atoms with van der Waals surface area (Å²) in [4.78, 5) is 3.63. The first-order chi connectivity index (χ1) is 10.7. The van der Waals surface area contributed by atoms with Crippen LogP contribution in [0.1, 0.15) is 5.69 Å². The van der Waals surface area contributed by atoms with Crippen molar-refractivity contribution >= 4 is 34.3 Å². The molecule has 0 bridgehead atoms. The molecule has 0 fully saturated rings. The van der Waals surface area contributed by atoms with E-state index in [1.165, 1.54) is 32.1 Å². The van der Waals surface area contributed by atoms with E-state index in [0.717, 1.165) is 0 Å². The standard InChI is InChI=1S/C19H17N2S/c1-20-12-6-5-8-15(20)13-18-21(2)19-16-9-4-3-7-14(16)10-11-17(19)22-18/h3-13H,1-2H3/q+1. The maximum absolute atomic E-state index is 2.30. The number of fused-ring (bicyclic) bond motifs is 3. The lowest BCUT2D eigenvalue weighted by molar-refractivity contribution is -0.673. The van der Waals surface area contributed by atoms with Gasteiger partial charge in [-0.15, -0.1) is 0 Å². The number of rotatable bonds is 1. The third-order valence-corrected chi connectivity index (χ3v) is 5.26. The second-order valence-corrected chi connectivity index (χ2v) is 6.58. The van der Waals surface area contributed by atoms with Crippen LogP contribution >= 0.6 is 11.8 Å².